The molecule has 0 heterocycles. The zero-order valence-corrected chi connectivity index (χ0v) is 20.4. The van der Waals surface area contributed by atoms with Gasteiger partial charge in [-0.05, 0) is 46.3 Å². The smallest absolute Gasteiger partial charge is 0.292 e. The number of halogens is 4. The largest absolute Gasteiger partial charge is 0.487 e. The number of hydrogen-bond acceptors (Lipinski definition) is 4. The minimum Gasteiger partial charge on any atom is -0.487 e. The van der Waals surface area contributed by atoms with Crippen molar-refractivity contribution in [2.75, 3.05) is 5.32 Å². The van der Waals surface area contributed by atoms with Crippen molar-refractivity contribution in [1.82, 2.24) is 0 Å². The van der Waals surface area contributed by atoms with E-state index in [1.807, 2.05) is 0 Å². The number of para-hydroxylation sites is 2. The van der Waals surface area contributed by atoms with Crippen molar-refractivity contribution < 1.29 is 14.5 Å². The first-order valence-electron chi connectivity index (χ1n) is 8.83. The third-order valence-corrected chi connectivity index (χ3v) is 5.99. The molecule has 0 aliphatic heterocycles. The van der Waals surface area contributed by atoms with Crippen LogP contribution in [0.1, 0.15) is 11.1 Å². The van der Waals surface area contributed by atoms with Crippen molar-refractivity contribution in [2.45, 2.75) is 13.0 Å². The normalized spacial score (nSPS) is 10.6. The SMILES string of the molecule is O=C(Cc1cc(Br)cc(Br)c1OCc1c(Cl)cccc1Cl)Nc1ccccc1[N+](=O)[O-]. The first-order valence-corrected chi connectivity index (χ1v) is 11.2. The van der Waals surface area contributed by atoms with Gasteiger partial charge in [0, 0.05) is 31.7 Å². The van der Waals surface area contributed by atoms with Gasteiger partial charge in [0.2, 0.25) is 5.91 Å². The highest BCUT2D eigenvalue weighted by atomic mass is 79.9. The quantitative estimate of drug-likeness (QED) is 0.234. The van der Waals surface area contributed by atoms with Crippen molar-refractivity contribution in [2.24, 2.45) is 0 Å². The van der Waals surface area contributed by atoms with E-state index in [-0.39, 0.29) is 24.4 Å². The van der Waals surface area contributed by atoms with Gasteiger partial charge >= 0.3 is 0 Å². The third-order valence-electron chi connectivity index (χ3n) is 4.23. The number of hydrogen-bond donors (Lipinski definition) is 1. The molecule has 1 N–H and O–H groups in total. The first kappa shape index (κ1) is 23.5. The Hall–Kier alpha value is -2.13. The minimum atomic E-state index is -0.548. The number of nitrogens with one attached hydrogen (secondary N) is 1. The number of nitro benzene ring substituents is 1. The monoisotopic (exact) mass is 586 g/mol. The Morgan fingerprint density at radius 2 is 1.74 bits per heavy atom. The molecule has 3 aromatic rings. The Kier molecular flexibility index (Phi) is 7.94. The van der Waals surface area contributed by atoms with Crippen molar-refractivity contribution in [3.05, 3.63) is 94.8 Å². The summed E-state index contributed by atoms with van der Waals surface area (Å²) in [4.78, 5) is 23.3. The molecular weight excluding hydrogens is 575 g/mol. The van der Waals surface area contributed by atoms with Gasteiger partial charge in [-0.2, -0.15) is 0 Å². The summed E-state index contributed by atoms with van der Waals surface area (Å²) in [6.07, 6.45) is -0.0737. The zero-order chi connectivity index (χ0) is 22.5. The van der Waals surface area contributed by atoms with Crippen LogP contribution >= 0.6 is 55.1 Å². The topological polar surface area (TPSA) is 81.5 Å². The minimum absolute atomic E-state index is 0.0737. The van der Waals surface area contributed by atoms with Gasteiger partial charge in [-0.25, -0.2) is 0 Å². The fraction of sp³-hybridized carbons (Fsp3) is 0.0952. The first-order chi connectivity index (χ1) is 14.8. The maximum absolute atomic E-state index is 12.7. The molecule has 10 heteroatoms. The molecule has 0 aromatic heterocycles. The van der Waals surface area contributed by atoms with Crippen LogP contribution in [-0.4, -0.2) is 10.8 Å². The lowest BCUT2D eigenvalue weighted by atomic mass is 10.1. The van der Waals surface area contributed by atoms with Crippen LogP contribution in [0.5, 0.6) is 5.75 Å². The molecule has 0 saturated carbocycles. The Bertz CT molecular complexity index is 1140. The molecule has 0 radical (unpaired) electrons. The lowest BCUT2D eigenvalue weighted by Gasteiger charge is -2.15. The Morgan fingerprint density at radius 3 is 2.42 bits per heavy atom. The van der Waals surface area contributed by atoms with E-state index in [1.54, 1.807) is 36.4 Å². The number of anilines is 1. The van der Waals surface area contributed by atoms with Crippen molar-refractivity contribution in [3.63, 3.8) is 0 Å². The third kappa shape index (κ3) is 5.98. The summed E-state index contributed by atoms with van der Waals surface area (Å²) >= 11 is 19.3. The second-order valence-electron chi connectivity index (χ2n) is 6.36. The summed E-state index contributed by atoms with van der Waals surface area (Å²) in [6, 6.07) is 14.6. The van der Waals surface area contributed by atoms with Gasteiger partial charge in [0.05, 0.1) is 15.8 Å². The van der Waals surface area contributed by atoms with Gasteiger partial charge in [0.1, 0.15) is 18.0 Å². The van der Waals surface area contributed by atoms with Gasteiger partial charge in [-0.15, -0.1) is 0 Å². The Balaban J connectivity index is 1.83. The molecule has 0 unspecified atom stereocenters. The second-order valence-corrected chi connectivity index (χ2v) is 8.95. The van der Waals surface area contributed by atoms with Crippen LogP contribution in [0.15, 0.2) is 63.5 Å². The van der Waals surface area contributed by atoms with Gasteiger partial charge in [0.15, 0.2) is 0 Å². The van der Waals surface area contributed by atoms with Crippen LogP contribution in [0, 0.1) is 10.1 Å². The molecule has 0 atom stereocenters. The molecular formula is C21H14Br2Cl2N2O4. The average molecular weight is 589 g/mol. The average Bonchev–Trinajstić information content (AvgIpc) is 2.69. The number of carbonyl (C=O) groups excluding carboxylic acids is 1. The molecule has 0 fully saturated rings. The maximum Gasteiger partial charge on any atom is 0.292 e. The number of carbonyl (C=O) groups is 1. The number of amides is 1. The van der Waals surface area contributed by atoms with Gasteiger partial charge in [0.25, 0.3) is 5.69 Å². The number of rotatable bonds is 7. The summed E-state index contributed by atoms with van der Waals surface area (Å²) < 4.78 is 7.31. The van der Waals surface area contributed by atoms with E-state index >= 15 is 0 Å². The Labute approximate surface area is 204 Å². The summed E-state index contributed by atoms with van der Waals surface area (Å²) in [5.41, 5.74) is 1.13. The highest BCUT2D eigenvalue weighted by molar-refractivity contribution is 9.11. The number of nitro groups is 1. The van der Waals surface area contributed by atoms with Crippen LogP contribution < -0.4 is 10.1 Å². The lowest BCUT2D eigenvalue weighted by Crippen LogP contribution is -2.16. The fourth-order valence-electron chi connectivity index (χ4n) is 2.83. The van der Waals surface area contributed by atoms with E-state index in [0.29, 0.717) is 31.4 Å². The number of ether oxygens (including phenoxy) is 1. The standard InChI is InChI=1S/C21H14Br2Cl2N2O4/c22-13-8-12(9-20(28)26-18-6-1-2-7-19(18)27(29)30)21(15(23)10-13)31-11-14-16(24)4-3-5-17(14)25/h1-8,10H,9,11H2,(H,26,28). The van der Waals surface area contributed by atoms with E-state index in [9.17, 15) is 14.9 Å². The molecule has 31 heavy (non-hydrogen) atoms. The Morgan fingerprint density at radius 1 is 1.06 bits per heavy atom. The maximum atomic E-state index is 12.7. The van der Waals surface area contributed by atoms with Crippen LogP contribution in [0.4, 0.5) is 11.4 Å². The predicted octanol–water partition coefficient (Wildman–Crippen LogP) is 7.19. The molecule has 0 bridgehead atoms. The van der Waals surface area contributed by atoms with Gasteiger partial charge < -0.3 is 10.1 Å². The summed E-state index contributed by atoms with van der Waals surface area (Å²) in [6.45, 7) is 0.0948. The molecule has 160 valence electrons. The lowest BCUT2D eigenvalue weighted by molar-refractivity contribution is -0.383. The van der Waals surface area contributed by atoms with E-state index in [0.717, 1.165) is 4.47 Å². The molecule has 0 spiro atoms. The highest BCUT2D eigenvalue weighted by Crippen LogP contribution is 2.35. The van der Waals surface area contributed by atoms with E-state index in [4.69, 9.17) is 27.9 Å². The second kappa shape index (κ2) is 10.5. The molecule has 0 saturated heterocycles. The molecule has 6 nitrogen and oxygen atoms in total. The van der Waals surface area contributed by atoms with Crippen LogP contribution in [0.3, 0.4) is 0 Å². The highest BCUT2D eigenvalue weighted by Gasteiger charge is 2.18. The van der Waals surface area contributed by atoms with Crippen LogP contribution in [-0.2, 0) is 17.8 Å². The van der Waals surface area contributed by atoms with E-state index < -0.39 is 10.8 Å². The zero-order valence-electron chi connectivity index (χ0n) is 15.7. The van der Waals surface area contributed by atoms with Crippen LogP contribution in [0.25, 0.3) is 0 Å². The molecule has 1 amide bonds. The van der Waals surface area contributed by atoms with Gasteiger partial charge in [-0.1, -0.05) is 57.3 Å². The molecule has 3 rings (SSSR count). The van der Waals surface area contributed by atoms with Crippen molar-refractivity contribution >= 4 is 72.3 Å². The van der Waals surface area contributed by atoms with Crippen molar-refractivity contribution in [1.29, 1.82) is 0 Å². The molecule has 3 aromatic carbocycles. The summed E-state index contributed by atoms with van der Waals surface area (Å²) in [7, 11) is 0. The van der Waals surface area contributed by atoms with Crippen LogP contribution in [0.2, 0.25) is 10.0 Å². The predicted molar refractivity (Wildman–Crippen MR) is 128 cm³/mol. The fourth-order valence-corrected chi connectivity index (χ4v) is 4.76. The molecule has 0 aliphatic rings. The number of benzene rings is 3. The number of nitrogens with zero attached hydrogens (tertiary/aromatic N) is 1. The van der Waals surface area contributed by atoms with Crippen molar-refractivity contribution in [3.8, 4) is 5.75 Å². The van der Waals surface area contributed by atoms with E-state index in [2.05, 4.69) is 37.2 Å². The summed E-state index contributed by atoms with van der Waals surface area (Å²) in [5.74, 6) is 0.0109. The van der Waals surface area contributed by atoms with Gasteiger partial charge in [-0.3, -0.25) is 14.9 Å². The molecule has 0 aliphatic carbocycles. The van der Waals surface area contributed by atoms with E-state index in [1.165, 1.54) is 18.2 Å². The summed E-state index contributed by atoms with van der Waals surface area (Å²) in [5, 5.41) is 14.7.